The third-order valence-electron chi connectivity index (χ3n) is 2.84. The normalized spacial score (nSPS) is 13.5. The third-order valence-corrected chi connectivity index (χ3v) is 5.49. The van der Waals surface area contributed by atoms with Crippen LogP contribution in [0.5, 0.6) is 0 Å². The van der Waals surface area contributed by atoms with Gasteiger partial charge in [0, 0.05) is 23.8 Å². The van der Waals surface area contributed by atoms with E-state index in [1.54, 1.807) is 17.8 Å². The highest BCUT2D eigenvalue weighted by Crippen LogP contribution is 2.23. The summed E-state index contributed by atoms with van der Waals surface area (Å²) in [4.78, 5) is 5.23. The maximum atomic E-state index is 12.4. The molecule has 21 heavy (non-hydrogen) atoms. The molecule has 2 heterocycles. The van der Waals surface area contributed by atoms with Gasteiger partial charge in [-0.05, 0) is 20.3 Å². The second-order valence-corrected chi connectivity index (χ2v) is 7.74. The molecule has 0 fully saturated rings. The first-order valence-electron chi connectivity index (χ1n) is 6.61. The number of sulfonamides is 1. The Morgan fingerprint density at radius 3 is 2.81 bits per heavy atom. The molecule has 116 valence electrons. The van der Waals surface area contributed by atoms with Gasteiger partial charge in [0.05, 0.1) is 6.04 Å². The number of thiazole rings is 1. The maximum absolute atomic E-state index is 12.4. The number of nitrogens with two attached hydrogens (primary N) is 1. The van der Waals surface area contributed by atoms with E-state index in [1.807, 2.05) is 13.8 Å². The summed E-state index contributed by atoms with van der Waals surface area (Å²) < 4.78 is 28.9. The van der Waals surface area contributed by atoms with Crippen LogP contribution < -0.4 is 10.5 Å². The Hall–Kier alpha value is -1.45. The van der Waals surface area contributed by atoms with E-state index in [1.165, 1.54) is 17.5 Å². The summed E-state index contributed by atoms with van der Waals surface area (Å²) in [6, 6.07) is -0.414. The number of nitrogens with zero attached hydrogens (tertiary/aromatic N) is 3. The zero-order chi connectivity index (χ0) is 15.6. The number of hydrogen-bond acceptors (Lipinski definition) is 6. The molecule has 0 spiro atoms. The van der Waals surface area contributed by atoms with E-state index in [-0.39, 0.29) is 10.7 Å². The molecule has 0 saturated carbocycles. The molecule has 0 radical (unpaired) electrons. The Labute approximate surface area is 128 Å². The Kier molecular flexibility index (Phi) is 4.64. The van der Waals surface area contributed by atoms with E-state index in [9.17, 15) is 8.42 Å². The fourth-order valence-corrected chi connectivity index (χ4v) is 4.02. The van der Waals surface area contributed by atoms with Gasteiger partial charge >= 0.3 is 0 Å². The molecule has 0 saturated heterocycles. The van der Waals surface area contributed by atoms with Gasteiger partial charge in [-0.2, -0.15) is 5.10 Å². The van der Waals surface area contributed by atoms with Gasteiger partial charge in [0.1, 0.15) is 9.90 Å². The van der Waals surface area contributed by atoms with Gasteiger partial charge in [0.2, 0.25) is 10.0 Å². The minimum atomic E-state index is -3.72. The second-order valence-electron chi connectivity index (χ2n) is 4.79. The van der Waals surface area contributed by atoms with Crippen molar-refractivity contribution in [2.75, 3.05) is 5.73 Å². The van der Waals surface area contributed by atoms with Crippen LogP contribution in [0.4, 0.5) is 5.82 Å². The van der Waals surface area contributed by atoms with E-state index >= 15 is 0 Å². The summed E-state index contributed by atoms with van der Waals surface area (Å²) in [5.41, 5.74) is 5.71. The van der Waals surface area contributed by atoms with E-state index < -0.39 is 16.1 Å². The molecule has 0 aliphatic carbocycles. The van der Waals surface area contributed by atoms with Crippen molar-refractivity contribution in [3.63, 3.8) is 0 Å². The third kappa shape index (κ3) is 3.60. The lowest BCUT2D eigenvalue weighted by atomic mass is 10.4. The van der Waals surface area contributed by atoms with Gasteiger partial charge in [0.15, 0.2) is 5.82 Å². The van der Waals surface area contributed by atoms with Crippen molar-refractivity contribution in [1.82, 2.24) is 19.5 Å². The van der Waals surface area contributed by atoms with Gasteiger partial charge in [-0.3, -0.25) is 4.68 Å². The van der Waals surface area contributed by atoms with Crippen LogP contribution in [0.1, 0.15) is 36.2 Å². The lowest BCUT2D eigenvalue weighted by molar-refractivity contribution is 0.565. The molecule has 0 aliphatic heterocycles. The molecular formula is C12H19N5O2S2. The molecule has 2 rings (SSSR count). The van der Waals surface area contributed by atoms with Crippen LogP contribution in [0.2, 0.25) is 0 Å². The van der Waals surface area contributed by atoms with E-state index in [2.05, 4.69) is 14.8 Å². The number of rotatable bonds is 6. The average molecular weight is 329 g/mol. The first-order chi connectivity index (χ1) is 9.83. The highest BCUT2D eigenvalue weighted by atomic mass is 32.2. The summed E-state index contributed by atoms with van der Waals surface area (Å²) in [5, 5.41) is 4.73. The highest BCUT2D eigenvalue weighted by molar-refractivity contribution is 7.89. The van der Waals surface area contributed by atoms with Crippen molar-refractivity contribution < 1.29 is 8.42 Å². The Balaban J connectivity index is 2.22. The van der Waals surface area contributed by atoms with Gasteiger partial charge in [0.25, 0.3) is 0 Å². The lowest BCUT2D eigenvalue weighted by Gasteiger charge is -2.10. The van der Waals surface area contributed by atoms with Crippen molar-refractivity contribution in [2.24, 2.45) is 0 Å². The molecule has 0 bridgehead atoms. The standard InChI is InChI=1S/C12H19N5O2S2/c1-4-5-17-7-10(11(13)15-17)21(18,19)16-9(3)12-14-6-8(2)20-12/h6-7,9,16H,4-5H2,1-3H3,(H2,13,15). The first-order valence-corrected chi connectivity index (χ1v) is 8.91. The van der Waals surface area contributed by atoms with Crippen molar-refractivity contribution in [2.45, 2.75) is 44.7 Å². The van der Waals surface area contributed by atoms with Gasteiger partial charge in [-0.1, -0.05) is 6.92 Å². The smallest absolute Gasteiger partial charge is 0.246 e. The van der Waals surface area contributed by atoms with Crippen LogP contribution in [-0.2, 0) is 16.6 Å². The van der Waals surface area contributed by atoms with Crippen molar-refractivity contribution in [3.05, 3.63) is 22.3 Å². The van der Waals surface area contributed by atoms with Crippen LogP contribution in [0.25, 0.3) is 0 Å². The minimum absolute atomic E-state index is 0.0103. The van der Waals surface area contributed by atoms with Gasteiger partial charge < -0.3 is 5.73 Å². The van der Waals surface area contributed by atoms with Crippen LogP contribution >= 0.6 is 11.3 Å². The van der Waals surface area contributed by atoms with Crippen LogP contribution in [0.3, 0.4) is 0 Å². The molecular weight excluding hydrogens is 310 g/mol. The molecule has 2 aromatic rings. The van der Waals surface area contributed by atoms with E-state index in [4.69, 9.17) is 5.73 Å². The SMILES string of the molecule is CCCn1cc(S(=O)(=O)NC(C)c2ncc(C)s2)c(N)n1. The fraction of sp³-hybridized carbons (Fsp3) is 0.500. The Bertz CT molecular complexity index is 720. The molecule has 0 aliphatic rings. The largest absolute Gasteiger partial charge is 0.381 e. The van der Waals surface area contributed by atoms with Crippen molar-refractivity contribution in [3.8, 4) is 0 Å². The summed E-state index contributed by atoms with van der Waals surface area (Å²) in [5.74, 6) is 0.0125. The zero-order valence-corrected chi connectivity index (χ0v) is 13.8. The number of nitrogens with one attached hydrogen (secondary N) is 1. The monoisotopic (exact) mass is 329 g/mol. The number of hydrogen-bond donors (Lipinski definition) is 2. The van der Waals surface area contributed by atoms with Crippen molar-refractivity contribution >= 4 is 27.2 Å². The lowest BCUT2D eigenvalue weighted by Crippen LogP contribution is -2.27. The fourth-order valence-electron chi connectivity index (χ4n) is 1.89. The average Bonchev–Trinajstić information content (AvgIpc) is 2.96. The highest BCUT2D eigenvalue weighted by Gasteiger charge is 2.24. The predicted octanol–water partition coefficient (Wildman–Crippen LogP) is 1.68. The summed E-state index contributed by atoms with van der Waals surface area (Å²) in [7, 11) is -3.72. The summed E-state index contributed by atoms with van der Waals surface area (Å²) in [6.45, 7) is 6.29. The first kappa shape index (κ1) is 15.9. The second kappa shape index (κ2) is 6.12. The van der Waals surface area contributed by atoms with E-state index in [0.717, 1.165) is 16.3 Å². The molecule has 2 aromatic heterocycles. The van der Waals surface area contributed by atoms with Crippen LogP contribution in [-0.4, -0.2) is 23.2 Å². The molecule has 0 aromatic carbocycles. The molecule has 7 nitrogen and oxygen atoms in total. The number of nitrogen functional groups attached to an aromatic ring is 1. The van der Waals surface area contributed by atoms with Gasteiger partial charge in [-0.25, -0.2) is 18.1 Å². The summed E-state index contributed by atoms with van der Waals surface area (Å²) in [6.07, 6.45) is 4.03. The minimum Gasteiger partial charge on any atom is -0.381 e. The molecule has 0 amide bonds. The summed E-state index contributed by atoms with van der Waals surface area (Å²) >= 11 is 1.46. The predicted molar refractivity (Wildman–Crippen MR) is 82.5 cm³/mol. The van der Waals surface area contributed by atoms with Crippen LogP contribution in [0.15, 0.2) is 17.3 Å². The molecule has 3 N–H and O–H groups in total. The van der Waals surface area contributed by atoms with Gasteiger partial charge in [-0.15, -0.1) is 11.3 Å². The number of aryl methyl sites for hydroxylation is 2. The molecule has 9 heteroatoms. The number of aromatic nitrogens is 3. The Morgan fingerprint density at radius 2 is 2.24 bits per heavy atom. The maximum Gasteiger partial charge on any atom is 0.246 e. The van der Waals surface area contributed by atoms with E-state index in [0.29, 0.717) is 6.54 Å². The van der Waals surface area contributed by atoms with Crippen LogP contribution in [0, 0.1) is 6.92 Å². The Morgan fingerprint density at radius 1 is 1.52 bits per heavy atom. The van der Waals surface area contributed by atoms with Crippen molar-refractivity contribution in [1.29, 1.82) is 0 Å². The quantitative estimate of drug-likeness (QED) is 0.839. The zero-order valence-electron chi connectivity index (χ0n) is 12.2. The number of anilines is 1. The topological polar surface area (TPSA) is 103 Å². The molecule has 1 atom stereocenters. The molecule has 1 unspecified atom stereocenters.